The van der Waals surface area contributed by atoms with E-state index >= 15 is 0 Å². The van der Waals surface area contributed by atoms with E-state index in [0.717, 1.165) is 24.6 Å². The van der Waals surface area contributed by atoms with Gasteiger partial charge >= 0.3 is 6.18 Å². The molecule has 1 aliphatic rings. The monoisotopic (exact) mass is 356 g/mol. The molecule has 1 aliphatic heterocycles. The predicted octanol–water partition coefficient (Wildman–Crippen LogP) is 2.11. The van der Waals surface area contributed by atoms with Crippen molar-refractivity contribution < 1.29 is 22.6 Å². The fourth-order valence-corrected chi connectivity index (χ4v) is 2.59. The van der Waals surface area contributed by atoms with Crippen LogP contribution in [0.25, 0.3) is 0 Å². The highest BCUT2D eigenvalue weighted by molar-refractivity contribution is 5.20. The summed E-state index contributed by atoms with van der Waals surface area (Å²) in [6.07, 6.45) is -0.325. The maximum absolute atomic E-state index is 12.6. The van der Waals surface area contributed by atoms with Crippen LogP contribution in [0.5, 0.6) is 5.88 Å². The largest absolute Gasteiger partial charge is 0.471 e. The number of hydrogen-bond acceptors (Lipinski definition) is 5. The minimum atomic E-state index is -4.41. The fourth-order valence-electron chi connectivity index (χ4n) is 2.59. The third-order valence-electron chi connectivity index (χ3n) is 3.95. The zero-order chi connectivity index (χ0) is 17.9. The Morgan fingerprint density at radius 1 is 1.32 bits per heavy atom. The Morgan fingerprint density at radius 2 is 2.16 bits per heavy atom. The smallest absolute Gasteiger partial charge is 0.417 e. The van der Waals surface area contributed by atoms with Crippen LogP contribution >= 0.6 is 0 Å². The van der Waals surface area contributed by atoms with Gasteiger partial charge in [0.05, 0.1) is 25.3 Å². The van der Waals surface area contributed by atoms with Gasteiger partial charge in [-0.15, -0.1) is 0 Å². The molecule has 0 N–H and O–H groups in total. The lowest BCUT2D eigenvalue weighted by molar-refractivity contribution is -0.137. The lowest BCUT2D eigenvalue weighted by Gasteiger charge is -2.23. The van der Waals surface area contributed by atoms with E-state index in [1.165, 1.54) is 6.07 Å². The number of pyridine rings is 1. The summed E-state index contributed by atoms with van der Waals surface area (Å²) in [6.45, 7) is 2.88. The number of rotatable bonds is 4. The van der Waals surface area contributed by atoms with Gasteiger partial charge in [-0.2, -0.15) is 13.2 Å². The number of halogens is 3. The van der Waals surface area contributed by atoms with Gasteiger partial charge in [0.1, 0.15) is 11.9 Å². The van der Waals surface area contributed by atoms with E-state index in [1.807, 2.05) is 17.8 Å². The summed E-state index contributed by atoms with van der Waals surface area (Å²) in [4.78, 5) is 10.2. The van der Waals surface area contributed by atoms with Crippen molar-refractivity contribution in [1.29, 1.82) is 0 Å². The fraction of sp³-hybridized carbons (Fsp3) is 0.500. The molecular formula is C16H19F3N4O2. The Morgan fingerprint density at radius 3 is 2.80 bits per heavy atom. The Balaban J connectivity index is 1.62. The normalized spacial score (nSPS) is 19.6. The average molecular weight is 356 g/mol. The van der Waals surface area contributed by atoms with Crippen LogP contribution in [-0.2, 0) is 24.5 Å². The van der Waals surface area contributed by atoms with Crippen molar-refractivity contribution in [2.75, 3.05) is 26.3 Å². The van der Waals surface area contributed by atoms with Crippen molar-refractivity contribution in [3.05, 3.63) is 42.1 Å². The molecule has 1 fully saturated rings. The van der Waals surface area contributed by atoms with Gasteiger partial charge < -0.3 is 14.0 Å². The SMILES string of the molecule is Cn1ccnc1CN1CCOCC(Oc2ccc(C(F)(F)F)cn2)C1. The summed E-state index contributed by atoms with van der Waals surface area (Å²) >= 11 is 0. The van der Waals surface area contributed by atoms with Crippen molar-refractivity contribution >= 4 is 0 Å². The minimum Gasteiger partial charge on any atom is -0.471 e. The molecule has 0 aliphatic carbocycles. The highest BCUT2D eigenvalue weighted by atomic mass is 19.4. The molecule has 0 amide bonds. The summed E-state index contributed by atoms with van der Waals surface area (Å²) in [7, 11) is 1.93. The van der Waals surface area contributed by atoms with E-state index in [9.17, 15) is 13.2 Å². The zero-order valence-electron chi connectivity index (χ0n) is 13.7. The molecule has 25 heavy (non-hydrogen) atoms. The third kappa shape index (κ3) is 4.70. The van der Waals surface area contributed by atoms with E-state index in [0.29, 0.717) is 26.3 Å². The van der Waals surface area contributed by atoms with E-state index < -0.39 is 11.7 Å². The van der Waals surface area contributed by atoms with Crippen molar-refractivity contribution in [3.63, 3.8) is 0 Å². The van der Waals surface area contributed by atoms with E-state index in [4.69, 9.17) is 9.47 Å². The molecule has 9 heteroatoms. The number of aryl methyl sites for hydroxylation is 1. The number of alkyl halides is 3. The van der Waals surface area contributed by atoms with Crippen LogP contribution in [0.1, 0.15) is 11.4 Å². The van der Waals surface area contributed by atoms with E-state index in [2.05, 4.69) is 14.9 Å². The second-order valence-corrected chi connectivity index (χ2v) is 5.89. The molecule has 0 saturated carbocycles. The first kappa shape index (κ1) is 17.7. The van der Waals surface area contributed by atoms with Crippen LogP contribution < -0.4 is 4.74 Å². The topological polar surface area (TPSA) is 52.4 Å². The van der Waals surface area contributed by atoms with Gasteiger partial charge in [-0.25, -0.2) is 9.97 Å². The molecule has 0 aromatic carbocycles. The minimum absolute atomic E-state index is 0.153. The number of aromatic nitrogens is 3. The Kier molecular flexibility index (Phi) is 5.24. The lowest BCUT2D eigenvalue weighted by Crippen LogP contribution is -2.36. The second kappa shape index (κ2) is 7.40. The first-order valence-corrected chi connectivity index (χ1v) is 7.88. The molecule has 136 valence electrons. The Hall–Kier alpha value is -2.13. The predicted molar refractivity (Wildman–Crippen MR) is 83.0 cm³/mol. The van der Waals surface area contributed by atoms with Gasteiger partial charge in [-0.05, 0) is 6.07 Å². The summed E-state index contributed by atoms with van der Waals surface area (Å²) in [5, 5.41) is 0. The zero-order valence-corrected chi connectivity index (χ0v) is 13.7. The van der Waals surface area contributed by atoms with Gasteiger partial charge in [0.2, 0.25) is 5.88 Å². The molecule has 3 rings (SSSR count). The first-order chi connectivity index (χ1) is 11.9. The van der Waals surface area contributed by atoms with E-state index in [-0.39, 0.29) is 12.0 Å². The number of nitrogens with zero attached hydrogens (tertiary/aromatic N) is 4. The highest BCUT2D eigenvalue weighted by Gasteiger charge is 2.31. The molecule has 6 nitrogen and oxygen atoms in total. The van der Waals surface area contributed by atoms with Crippen molar-refractivity contribution in [3.8, 4) is 5.88 Å². The molecule has 1 atom stereocenters. The van der Waals surface area contributed by atoms with Gasteiger partial charge in [-0.3, -0.25) is 4.90 Å². The summed E-state index contributed by atoms with van der Waals surface area (Å²) < 4.78 is 50.9. The number of imidazole rings is 1. The van der Waals surface area contributed by atoms with Crippen molar-refractivity contribution in [1.82, 2.24) is 19.4 Å². The molecule has 1 saturated heterocycles. The summed E-state index contributed by atoms with van der Waals surface area (Å²) in [5.41, 5.74) is -0.798. The Bertz CT molecular complexity index is 687. The Labute approximate surface area is 143 Å². The van der Waals surface area contributed by atoms with E-state index in [1.54, 1.807) is 6.20 Å². The quantitative estimate of drug-likeness (QED) is 0.840. The number of hydrogen-bond donors (Lipinski definition) is 0. The van der Waals surface area contributed by atoms with Crippen LogP contribution in [0.3, 0.4) is 0 Å². The van der Waals surface area contributed by atoms with Gasteiger partial charge in [-0.1, -0.05) is 0 Å². The number of ether oxygens (including phenoxy) is 2. The van der Waals surface area contributed by atoms with Gasteiger partial charge in [0.15, 0.2) is 0 Å². The van der Waals surface area contributed by atoms with Gasteiger partial charge in [0.25, 0.3) is 0 Å². The molecule has 0 radical (unpaired) electrons. The summed E-state index contributed by atoms with van der Waals surface area (Å²) in [5.74, 6) is 1.08. The first-order valence-electron chi connectivity index (χ1n) is 7.88. The molecule has 2 aromatic heterocycles. The van der Waals surface area contributed by atoms with Crippen LogP contribution in [0.2, 0.25) is 0 Å². The van der Waals surface area contributed by atoms with Gasteiger partial charge in [0, 0.05) is 44.8 Å². The average Bonchev–Trinajstić information content (AvgIpc) is 2.82. The molecule has 3 heterocycles. The highest BCUT2D eigenvalue weighted by Crippen LogP contribution is 2.29. The van der Waals surface area contributed by atoms with Crippen molar-refractivity contribution in [2.45, 2.75) is 18.8 Å². The van der Waals surface area contributed by atoms with Crippen LogP contribution in [0, 0.1) is 0 Å². The molecule has 0 bridgehead atoms. The maximum atomic E-state index is 12.6. The van der Waals surface area contributed by atoms with Crippen LogP contribution in [-0.4, -0.2) is 51.8 Å². The standard InChI is InChI=1S/C16H19F3N4O2/c1-22-5-4-20-14(22)10-23-6-7-24-11-13(9-23)25-15-3-2-12(8-21-15)16(17,18)19/h2-5,8,13H,6-7,9-11H2,1H3. The molecule has 1 unspecified atom stereocenters. The second-order valence-electron chi connectivity index (χ2n) is 5.89. The van der Waals surface area contributed by atoms with Crippen LogP contribution in [0.15, 0.2) is 30.7 Å². The lowest BCUT2D eigenvalue weighted by atomic mass is 10.3. The van der Waals surface area contributed by atoms with Crippen LogP contribution in [0.4, 0.5) is 13.2 Å². The molecule has 2 aromatic rings. The summed E-state index contributed by atoms with van der Waals surface area (Å²) in [6, 6.07) is 2.20. The maximum Gasteiger partial charge on any atom is 0.417 e. The third-order valence-corrected chi connectivity index (χ3v) is 3.95. The molecular weight excluding hydrogens is 337 g/mol. The van der Waals surface area contributed by atoms with Crippen molar-refractivity contribution in [2.24, 2.45) is 7.05 Å². The molecule has 0 spiro atoms.